The van der Waals surface area contributed by atoms with Gasteiger partial charge < -0.3 is 0 Å². The Kier molecular flexibility index (Phi) is 10.2. The summed E-state index contributed by atoms with van der Waals surface area (Å²) >= 11 is 0. The molecule has 0 unspecified atom stereocenters. The van der Waals surface area contributed by atoms with Crippen LogP contribution in [0.1, 0.15) is 25.7 Å². The summed E-state index contributed by atoms with van der Waals surface area (Å²) in [7, 11) is 7.00. The maximum atomic E-state index is 11.3. The molecule has 0 bridgehead atoms. The van der Waals surface area contributed by atoms with E-state index in [1.54, 1.807) is 14.1 Å². The number of rotatable bonds is 9. The molecule has 0 aliphatic rings. The first kappa shape index (κ1) is 20.4. The zero-order valence-electron chi connectivity index (χ0n) is 14.0. The topological polar surface area (TPSA) is 123 Å². The maximum Gasteiger partial charge on any atom is 0.345 e. The minimum atomic E-state index is -0.342. The molecule has 0 aliphatic carbocycles. The van der Waals surface area contributed by atoms with E-state index in [1.165, 1.54) is 10.0 Å². The Balaban J connectivity index is 3.74. The maximum absolute atomic E-state index is 11.3. The number of hydrogen-bond donors (Lipinski definition) is 4. The van der Waals surface area contributed by atoms with Gasteiger partial charge in [0.05, 0.1) is 0 Å². The first-order chi connectivity index (χ1) is 10.3. The van der Waals surface area contributed by atoms with Gasteiger partial charge in [0.1, 0.15) is 0 Å². The Labute approximate surface area is 132 Å². The molecule has 0 saturated heterocycles. The van der Waals surface area contributed by atoms with Crippen LogP contribution in [0.4, 0.5) is 9.59 Å². The summed E-state index contributed by atoms with van der Waals surface area (Å²) in [6.45, 7) is 1.55. The van der Waals surface area contributed by atoms with Crippen LogP contribution in [-0.4, -0.2) is 73.4 Å². The number of carbonyl (C=O) groups excluding carboxylic acids is 2. The Morgan fingerprint density at radius 1 is 0.727 bits per heavy atom. The average Bonchev–Trinajstić information content (AvgIpc) is 2.54. The van der Waals surface area contributed by atoms with Gasteiger partial charge in [0.15, 0.2) is 0 Å². The lowest BCUT2D eigenvalue weighted by Gasteiger charge is -2.28. The minimum absolute atomic E-state index is 0.342. The largest absolute Gasteiger partial charge is 0.345 e. The Hall–Kier alpha value is -1.62. The fourth-order valence-electron chi connectivity index (χ4n) is 1.83. The third-order valence-corrected chi connectivity index (χ3v) is 3.57. The number of hydrazine groups is 4. The summed E-state index contributed by atoms with van der Waals surface area (Å²) in [6.07, 6.45) is 4.04. The SMILES string of the molecule is CN(CCCCCCN(C)N(C)C(=O)NN)N(C)C(=O)NN. The van der Waals surface area contributed by atoms with Gasteiger partial charge >= 0.3 is 12.1 Å². The molecule has 22 heavy (non-hydrogen) atoms. The molecule has 0 rings (SSSR count). The van der Waals surface area contributed by atoms with Gasteiger partial charge in [-0.3, -0.25) is 20.9 Å². The molecule has 130 valence electrons. The second kappa shape index (κ2) is 11.0. The van der Waals surface area contributed by atoms with Crippen molar-refractivity contribution in [2.24, 2.45) is 11.7 Å². The van der Waals surface area contributed by atoms with E-state index < -0.39 is 0 Å². The highest BCUT2D eigenvalue weighted by Gasteiger charge is 2.12. The van der Waals surface area contributed by atoms with E-state index in [0.29, 0.717) is 0 Å². The van der Waals surface area contributed by atoms with Gasteiger partial charge in [0.2, 0.25) is 0 Å². The van der Waals surface area contributed by atoms with Crippen LogP contribution in [0.5, 0.6) is 0 Å². The molecule has 0 aromatic carbocycles. The normalized spacial score (nSPS) is 10.7. The fourth-order valence-corrected chi connectivity index (χ4v) is 1.83. The van der Waals surface area contributed by atoms with E-state index in [2.05, 4.69) is 10.9 Å². The van der Waals surface area contributed by atoms with Gasteiger partial charge in [-0.25, -0.2) is 31.3 Å². The van der Waals surface area contributed by atoms with Crippen LogP contribution in [0.25, 0.3) is 0 Å². The Morgan fingerprint density at radius 2 is 1.05 bits per heavy atom. The molecule has 0 spiro atoms. The lowest BCUT2D eigenvalue weighted by molar-refractivity contribution is 0.0568. The molecule has 0 aromatic rings. The highest BCUT2D eigenvalue weighted by atomic mass is 16.2. The van der Waals surface area contributed by atoms with Crippen LogP contribution in [0.3, 0.4) is 0 Å². The van der Waals surface area contributed by atoms with Crippen LogP contribution in [0.2, 0.25) is 0 Å². The first-order valence-corrected chi connectivity index (χ1v) is 7.25. The van der Waals surface area contributed by atoms with Crippen molar-refractivity contribution in [3.05, 3.63) is 0 Å². The lowest BCUT2D eigenvalue weighted by atomic mass is 10.2. The molecule has 0 fully saturated rings. The second-order valence-electron chi connectivity index (χ2n) is 5.12. The summed E-state index contributed by atoms with van der Waals surface area (Å²) in [5.41, 5.74) is 4.17. The van der Waals surface area contributed by atoms with Crippen molar-refractivity contribution < 1.29 is 9.59 Å². The summed E-state index contributed by atoms with van der Waals surface area (Å²) in [5, 5.41) is 6.50. The molecular formula is C12H30N8O2. The van der Waals surface area contributed by atoms with Crippen LogP contribution in [0, 0.1) is 0 Å². The summed E-state index contributed by atoms with van der Waals surface area (Å²) in [4.78, 5) is 22.6. The first-order valence-electron chi connectivity index (χ1n) is 7.25. The number of nitrogens with two attached hydrogens (primary N) is 2. The van der Waals surface area contributed by atoms with Crippen LogP contribution in [0.15, 0.2) is 0 Å². The number of amides is 4. The highest BCUT2D eigenvalue weighted by Crippen LogP contribution is 2.04. The van der Waals surface area contributed by atoms with Gasteiger partial charge in [-0.1, -0.05) is 12.8 Å². The highest BCUT2D eigenvalue weighted by molar-refractivity contribution is 5.72. The number of unbranched alkanes of at least 4 members (excludes halogenated alkanes) is 3. The summed E-state index contributed by atoms with van der Waals surface area (Å²) in [6, 6.07) is -0.685. The quantitative estimate of drug-likeness (QED) is 0.192. The predicted octanol–water partition coefficient (Wildman–Crippen LogP) is -0.729. The monoisotopic (exact) mass is 318 g/mol. The van der Waals surface area contributed by atoms with Crippen LogP contribution < -0.4 is 22.5 Å². The van der Waals surface area contributed by atoms with Crippen molar-refractivity contribution in [3.8, 4) is 0 Å². The molecule has 0 radical (unpaired) electrons. The van der Waals surface area contributed by atoms with E-state index in [-0.39, 0.29) is 12.1 Å². The molecule has 4 amide bonds. The van der Waals surface area contributed by atoms with Gasteiger partial charge in [0.25, 0.3) is 0 Å². The molecule has 6 N–H and O–H groups in total. The number of nitrogens with one attached hydrogen (secondary N) is 2. The van der Waals surface area contributed by atoms with Crippen molar-refractivity contribution in [1.82, 2.24) is 30.9 Å². The van der Waals surface area contributed by atoms with Crippen LogP contribution >= 0.6 is 0 Å². The smallest absolute Gasteiger partial charge is 0.275 e. The van der Waals surface area contributed by atoms with Crippen molar-refractivity contribution in [2.45, 2.75) is 25.7 Å². The fraction of sp³-hybridized carbons (Fsp3) is 0.833. The second-order valence-corrected chi connectivity index (χ2v) is 5.12. The molecule has 0 aliphatic heterocycles. The van der Waals surface area contributed by atoms with Crippen molar-refractivity contribution in [2.75, 3.05) is 41.3 Å². The zero-order valence-corrected chi connectivity index (χ0v) is 14.0. The molecule has 10 nitrogen and oxygen atoms in total. The third kappa shape index (κ3) is 7.41. The lowest BCUT2D eigenvalue weighted by Crippen LogP contribution is -2.49. The molecule has 0 atom stereocenters. The molecular weight excluding hydrogens is 288 g/mol. The standard InChI is InChI=1S/C12H30N8O2/c1-17(19(3)11(21)15-13)9-7-5-6-8-10-18(2)20(4)12(22)16-14/h5-10,13-14H2,1-4H3,(H,15,21)(H,16,22). The van der Waals surface area contributed by atoms with Gasteiger partial charge in [-0.2, -0.15) is 0 Å². The molecule has 0 heterocycles. The summed E-state index contributed by atoms with van der Waals surface area (Å²) in [5.74, 6) is 10.2. The van der Waals surface area contributed by atoms with E-state index in [0.717, 1.165) is 38.8 Å². The van der Waals surface area contributed by atoms with E-state index in [1.807, 2.05) is 24.1 Å². The zero-order chi connectivity index (χ0) is 17.1. The van der Waals surface area contributed by atoms with Crippen molar-refractivity contribution in [3.63, 3.8) is 0 Å². The third-order valence-electron chi connectivity index (χ3n) is 3.57. The molecule has 0 aromatic heterocycles. The Morgan fingerprint density at radius 3 is 1.32 bits per heavy atom. The minimum Gasteiger partial charge on any atom is -0.275 e. The van der Waals surface area contributed by atoms with Gasteiger partial charge in [0, 0.05) is 41.3 Å². The van der Waals surface area contributed by atoms with E-state index >= 15 is 0 Å². The van der Waals surface area contributed by atoms with Gasteiger partial charge in [-0.05, 0) is 12.8 Å². The van der Waals surface area contributed by atoms with Crippen LogP contribution in [-0.2, 0) is 0 Å². The number of urea groups is 2. The Bertz CT molecular complexity index is 309. The molecule has 0 saturated carbocycles. The number of carbonyl (C=O) groups is 2. The number of nitrogens with zero attached hydrogens (tertiary/aromatic N) is 4. The molecule has 10 heteroatoms. The van der Waals surface area contributed by atoms with Crippen molar-refractivity contribution in [1.29, 1.82) is 0 Å². The van der Waals surface area contributed by atoms with E-state index in [4.69, 9.17) is 11.7 Å². The predicted molar refractivity (Wildman–Crippen MR) is 84.7 cm³/mol. The van der Waals surface area contributed by atoms with Crippen molar-refractivity contribution >= 4 is 12.1 Å². The van der Waals surface area contributed by atoms with E-state index in [9.17, 15) is 9.59 Å². The van der Waals surface area contributed by atoms with Gasteiger partial charge in [-0.15, -0.1) is 0 Å². The summed E-state index contributed by atoms with van der Waals surface area (Å²) < 4.78 is 0. The number of hydrogen-bond acceptors (Lipinski definition) is 6. The average molecular weight is 318 g/mol.